The topological polar surface area (TPSA) is 30.2 Å². The molecule has 0 unspecified atom stereocenters. The van der Waals surface area contributed by atoms with E-state index < -0.39 is 0 Å². The molecule has 2 aromatic rings. The molecule has 0 aliphatic rings. The Kier molecular flexibility index (Phi) is 2.42. The van der Waals surface area contributed by atoms with E-state index >= 15 is 0 Å². The molecule has 2 rings (SSSR count). The van der Waals surface area contributed by atoms with Crippen molar-refractivity contribution in [3.05, 3.63) is 52.4 Å². The van der Waals surface area contributed by atoms with Crippen LogP contribution in [0.3, 0.4) is 0 Å². The Morgan fingerprint density at radius 3 is 2.80 bits per heavy atom. The van der Waals surface area contributed by atoms with E-state index in [-0.39, 0.29) is 5.63 Å². The molecule has 1 aromatic carbocycles. The largest absolute Gasteiger partial charge is 0.422 e. The third-order valence-corrected chi connectivity index (χ3v) is 2.52. The average molecular weight is 200 g/mol. The van der Waals surface area contributed by atoms with E-state index in [0.717, 1.165) is 17.4 Å². The Labute approximate surface area is 87.8 Å². The fourth-order valence-corrected chi connectivity index (χ4v) is 1.82. The first-order valence-corrected chi connectivity index (χ1v) is 4.95. The normalized spacial score (nSPS) is 10.5. The highest BCUT2D eigenvalue weighted by Crippen LogP contribution is 2.20. The SMILES string of the molecule is C=Cc1c(CC)c2ccccc2oc1=O. The summed E-state index contributed by atoms with van der Waals surface area (Å²) in [4.78, 5) is 11.6. The molecular formula is C13H12O2. The molecule has 2 nitrogen and oxygen atoms in total. The van der Waals surface area contributed by atoms with Gasteiger partial charge in [-0.3, -0.25) is 0 Å². The van der Waals surface area contributed by atoms with Crippen molar-refractivity contribution in [1.29, 1.82) is 0 Å². The molecule has 1 heterocycles. The number of hydrogen-bond acceptors (Lipinski definition) is 2. The van der Waals surface area contributed by atoms with Crippen LogP contribution in [-0.2, 0) is 6.42 Å². The zero-order valence-electron chi connectivity index (χ0n) is 8.62. The maximum Gasteiger partial charge on any atom is 0.343 e. The minimum atomic E-state index is -0.305. The highest BCUT2D eigenvalue weighted by atomic mass is 16.4. The molecule has 0 spiro atoms. The molecule has 15 heavy (non-hydrogen) atoms. The first-order valence-electron chi connectivity index (χ1n) is 4.95. The summed E-state index contributed by atoms with van der Waals surface area (Å²) in [5, 5.41) is 0.995. The zero-order valence-corrected chi connectivity index (χ0v) is 8.62. The van der Waals surface area contributed by atoms with Gasteiger partial charge >= 0.3 is 5.63 Å². The van der Waals surface area contributed by atoms with Crippen molar-refractivity contribution in [1.82, 2.24) is 0 Å². The molecule has 2 heteroatoms. The first kappa shape index (κ1) is 9.71. The Balaban J connectivity index is 2.97. The van der Waals surface area contributed by atoms with Crippen LogP contribution in [0.5, 0.6) is 0 Å². The number of benzene rings is 1. The van der Waals surface area contributed by atoms with Crippen molar-refractivity contribution in [3.8, 4) is 0 Å². The third-order valence-electron chi connectivity index (χ3n) is 2.52. The zero-order chi connectivity index (χ0) is 10.8. The van der Waals surface area contributed by atoms with Crippen molar-refractivity contribution >= 4 is 17.0 Å². The van der Waals surface area contributed by atoms with Crippen LogP contribution < -0.4 is 5.63 Å². The molecule has 0 aliphatic carbocycles. The number of fused-ring (bicyclic) bond motifs is 1. The maximum absolute atomic E-state index is 11.6. The van der Waals surface area contributed by atoms with Gasteiger partial charge in [0, 0.05) is 5.39 Å². The van der Waals surface area contributed by atoms with Gasteiger partial charge in [-0.25, -0.2) is 4.79 Å². The summed E-state index contributed by atoms with van der Waals surface area (Å²) in [6.45, 7) is 5.67. The van der Waals surface area contributed by atoms with Crippen molar-refractivity contribution in [2.24, 2.45) is 0 Å². The Bertz CT molecular complexity index is 564. The Morgan fingerprint density at radius 1 is 1.40 bits per heavy atom. The van der Waals surface area contributed by atoms with Gasteiger partial charge in [0.25, 0.3) is 0 Å². The van der Waals surface area contributed by atoms with Gasteiger partial charge in [0.15, 0.2) is 0 Å². The lowest BCUT2D eigenvalue weighted by Crippen LogP contribution is -2.07. The van der Waals surface area contributed by atoms with Gasteiger partial charge in [0.05, 0.1) is 5.56 Å². The maximum atomic E-state index is 11.6. The third kappa shape index (κ3) is 1.48. The van der Waals surface area contributed by atoms with Crippen molar-refractivity contribution < 1.29 is 4.42 Å². The molecule has 0 atom stereocenters. The van der Waals surface area contributed by atoms with E-state index in [1.165, 1.54) is 0 Å². The van der Waals surface area contributed by atoms with E-state index in [4.69, 9.17) is 4.42 Å². The number of hydrogen-bond donors (Lipinski definition) is 0. The van der Waals surface area contributed by atoms with Crippen LogP contribution in [-0.4, -0.2) is 0 Å². The van der Waals surface area contributed by atoms with E-state index in [1.54, 1.807) is 6.08 Å². The van der Waals surface area contributed by atoms with Crippen LogP contribution in [0, 0.1) is 0 Å². The van der Waals surface area contributed by atoms with Gasteiger partial charge < -0.3 is 4.42 Å². The van der Waals surface area contributed by atoms with Crippen LogP contribution in [0.2, 0.25) is 0 Å². The van der Waals surface area contributed by atoms with E-state index in [1.807, 2.05) is 31.2 Å². The highest BCUT2D eigenvalue weighted by molar-refractivity contribution is 5.83. The summed E-state index contributed by atoms with van der Waals surface area (Å²) < 4.78 is 5.20. The number of aryl methyl sites for hydroxylation is 1. The number of rotatable bonds is 2. The minimum absolute atomic E-state index is 0.305. The summed E-state index contributed by atoms with van der Waals surface area (Å²) in [6.07, 6.45) is 2.37. The van der Waals surface area contributed by atoms with Gasteiger partial charge in [-0.05, 0) is 18.1 Å². The van der Waals surface area contributed by atoms with Crippen LogP contribution in [0.15, 0.2) is 40.1 Å². The molecule has 0 N–H and O–H groups in total. The Hall–Kier alpha value is -1.83. The average Bonchev–Trinajstić information content (AvgIpc) is 2.27. The standard InChI is InChI=1S/C13H12O2/c1-3-9-10(4-2)13(14)15-12-8-6-5-7-11(9)12/h4-8H,2-3H2,1H3. The molecule has 1 aromatic heterocycles. The summed E-state index contributed by atoms with van der Waals surface area (Å²) >= 11 is 0. The quantitative estimate of drug-likeness (QED) is 0.697. The van der Waals surface area contributed by atoms with Gasteiger partial charge in [-0.1, -0.05) is 37.8 Å². The minimum Gasteiger partial charge on any atom is -0.422 e. The molecular weight excluding hydrogens is 188 g/mol. The summed E-state index contributed by atoms with van der Waals surface area (Å²) in [5.74, 6) is 0. The monoisotopic (exact) mass is 200 g/mol. The summed E-state index contributed by atoms with van der Waals surface area (Å²) in [5.41, 5.74) is 1.93. The number of para-hydroxylation sites is 1. The molecule has 0 saturated heterocycles. The molecule has 0 saturated carbocycles. The lowest BCUT2D eigenvalue weighted by Gasteiger charge is -2.05. The fourth-order valence-electron chi connectivity index (χ4n) is 1.82. The van der Waals surface area contributed by atoms with Crippen molar-refractivity contribution in [2.45, 2.75) is 13.3 Å². The van der Waals surface area contributed by atoms with Crippen molar-refractivity contribution in [3.63, 3.8) is 0 Å². The predicted molar refractivity (Wildman–Crippen MR) is 62.0 cm³/mol. The van der Waals surface area contributed by atoms with Crippen LogP contribution in [0.25, 0.3) is 17.0 Å². The molecule has 0 bridgehead atoms. The fraction of sp³-hybridized carbons (Fsp3) is 0.154. The lowest BCUT2D eigenvalue weighted by atomic mass is 10.0. The van der Waals surface area contributed by atoms with Crippen LogP contribution >= 0.6 is 0 Å². The predicted octanol–water partition coefficient (Wildman–Crippen LogP) is 3.00. The summed E-state index contributed by atoms with van der Waals surface area (Å²) in [6, 6.07) is 7.57. The van der Waals surface area contributed by atoms with Crippen molar-refractivity contribution in [2.75, 3.05) is 0 Å². The smallest absolute Gasteiger partial charge is 0.343 e. The second-order valence-corrected chi connectivity index (χ2v) is 3.34. The van der Waals surface area contributed by atoms with Gasteiger partial charge in [-0.2, -0.15) is 0 Å². The van der Waals surface area contributed by atoms with E-state index in [0.29, 0.717) is 11.1 Å². The van der Waals surface area contributed by atoms with Crippen LogP contribution in [0.1, 0.15) is 18.1 Å². The van der Waals surface area contributed by atoms with Gasteiger partial charge in [0.2, 0.25) is 0 Å². The molecule has 0 radical (unpaired) electrons. The molecule has 76 valence electrons. The Morgan fingerprint density at radius 2 is 2.13 bits per heavy atom. The van der Waals surface area contributed by atoms with Gasteiger partial charge in [-0.15, -0.1) is 0 Å². The second-order valence-electron chi connectivity index (χ2n) is 3.34. The van der Waals surface area contributed by atoms with E-state index in [2.05, 4.69) is 6.58 Å². The van der Waals surface area contributed by atoms with Gasteiger partial charge in [0.1, 0.15) is 5.58 Å². The lowest BCUT2D eigenvalue weighted by molar-refractivity contribution is 0.557. The highest BCUT2D eigenvalue weighted by Gasteiger charge is 2.09. The van der Waals surface area contributed by atoms with E-state index in [9.17, 15) is 4.79 Å². The second kappa shape index (κ2) is 3.73. The summed E-state index contributed by atoms with van der Waals surface area (Å²) in [7, 11) is 0. The molecule has 0 aliphatic heterocycles. The first-order chi connectivity index (χ1) is 7.27. The molecule has 0 amide bonds. The van der Waals surface area contributed by atoms with Crippen LogP contribution in [0.4, 0.5) is 0 Å². The molecule has 0 fully saturated rings.